The van der Waals surface area contributed by atoms with Crippen LogP contribution in [0.15, 0.2) is 47.5 Å². The van der Waals surface area contributed by atoms with Gasteiger partial charge in [-0.2, -0.15) is 18.3 Å². The van der Waals surface area contributed by atoms with Gasteiger partial charge in [-0.1, -0.05) is 0 Å². The number of methoxy groups -OCH3 is 1. The predicted octanol–water partition coefficient (Wildman–Crippen LogP) is 2.28. The normalized spacial score (nSPS) is 16.9. The van der Waals surface area contributed by atoms with Crippen LogP contribution < -0.4 is 26.2 Å². The molecule has 0 aliphatic carbocycles. The molecular weight excluding hydrogens is 528 g/mol. The second-order valence-electron chi connectivity index (χ2n) is 8.54. The number of benzene rings is 1. The quantitative estimate of drug-likeness (QED) is 0.313. The Morgan fingerprint density at radius 3 is 2.64 bits per heavy atom. The Morgan fingerprint density at radius 2 is 2.00 bits per heavy atom. The minimum atomic E-state index is -4.70. The Kier molecular flexibility index (Phi) is 7.80. The average Bonchev–Trinajstić information content (AvgIpc) is 3.37. The number of anilines is 2. The van der Waals surface area contributed by atoms with Crippen LogP contribution in [-0.4, -0.2) is 52.9 Å². The maximum atomic E-state index is 14.8. The number of nitrogens with zero attached hydrogens (tertiary/aromatic N) is 2. The van der Waals surface area contributed by atoms with Crippen LogP contribution in [-0.2, 0) is 22.3 Å². The summed E-state index contributed by atoms with van der Waals surface area (Å²) in [5.41, 5.74) is -3.76. The zero-order chi connectivity index (χ0) is 28.2. The molecule has 2 amide bonds. The number of halogens is 4. The molecule has 1 fully saturated rings. The van der Waals surface area contributed by atoms with E-state index in [0.29, 0.717) is 0 Å². The van der Waals surface area contributed by atoms with Crippen LogP contribution >= 0.6 is 0 Å². The topological polar surface area (TPSA) is 147 Å². The molecule has 1 saturated heterocycles. The van der Waals surface area contributed by atoms with Crippen LogP contribution in [0.2, 0.25) is 0 Å². The van der Waals surface area contributed by atoms with Crippen molar-refractivity contribution in [1.29, 1.82) is 0 Å². The molecule has 4 N–H and O–H groups in total. The number of carbonyl (C=O) groups excluding carboxylic acids is 2. The van der Waals surface area contributed by atoms with Crippen LogP contribution in [0.1, 0.15) is 28.0 Å². The summed E-state index contributed by atoms with van der Waals surface area (Å²) in [5.74, 6) is -2.30. The summed E-state index contributed by atoms with van der Waals surface area (Å²) in [6.45, 7) is -0.381. The fourth-order valence-corrected chi connectivity index (χ4v) is 3.84. The number of H-pyrrole nitrogens is 1. The number of ether oxygens (including phenoxy) is 2. The van der Waals surface area contributed by atoms with Gasteiger partial charge < -0.3 is 25.4 Å². The maximum Gasteiger partial charge on any atom is 0.418 e. The number of aromatic amines is 1. The molecule has 3 aromatic rings. The van der Waals surface area contributed by atoms with Crippen molar-refractivity contribution in [3.8, 4) is 5.75 Å². The highest BCUT2D eigenvalue weighted by atomic mass is 19.4. The molecule has 11 nitrogen and oxygen atoms in total. The third-order valence-electron chi connectivity index (χ3n) is 5.88. The third-order valence-corrected chi connectivity index (χ3v) is 5.88. The fourth-order valence-electron chi connectivity index (χ4n) is 3.84. The summed E-state index contributed by atoms with van der Waals surface area (Å²) >= 11 is 0. The Hall–Kier alpha value is -4.53. The Balaban J connectivity index is 1.45. The number of amides is 2. The number of hydrogen-bond acceptors (Lipinski definition) is 8. The molecule has 3 heterocycles. The molecule has 0 bridgehead atoms. The van der Waals surface area contributed by atoms with E-state index in [9.17, 15) is 31.9 Å². The fraction of sp³-hybridized carbons (Fsp3) is 0.292. The van der Waals surface area contributed by atoms with Crippen molar-refractivity contribution in [3.63, 3.8) is 0 Å². The number of hydrogen-bond donors (Lipinski definition) is 4. The van der Waals surface area contributed by atoms with Crippen LogP contribution in [0.25, 0.3) is 0 Å². The first kappa shape index (κ1) is 27.5. The van der Waals surface area contributed by atoms with Gasteiger partial charge >= 0.3 is 6.18 Å². The summed E-state index contributed by atoms with van der Waals surface area (Å²) < 4.78 is 65.3. The molecule has 4 rings (SSSR count). The lowest BCUT2D eigenvalue weighted by atomic mass is 9.96. The summed E-state index contributed by atoms with van der Waals surface area (Å²) in [4.78, 5) is 41.0. The van der Waals surface area contributed by atoms with Crippen molar-refractivity contribution in [2.45, 2.75) is 24.7 Å². The van der Waals surface area contributed by atoms with E-state index in [-0.39, 0.29) is 54.6 Å². The van der Waals surface area contributed by atoms with Crippen molar-refractivity contribution < 1.29 is 36.6 Å². The van der Waals surface area contributed by atoms with Crippen LogP contribution in [0.5, 0.6) is 5.75 Å². The molecule has 2 aromatic heterocycles. The second kappa shape index (κ2) is 11.1. The highest BCUT2D eigenvalue weighted by Crippen LogP contribution is 2.38. The van der Waals surface area contributed by atoms with Crippen LogP contribution in [0.3, 0.4) is 0 Å². The molecule has 39 heavy (non-hydrogen) atoms. The molecule has 15 heteroatoms. The van der Waals surface area contributed by atoms with E-state index in [1.54, 1.807) is 0 Å². The van der Waals surface area contributed by atoms with Gasteiger partial charge in [-0.15, -0.1) is 0 Å². The highest BCUT2D eigenvalue weighted by Gasteiger charge is 2.44. The Bertz CT molecular complexity index is 1440. The van der Waals surface area contributed by atoms with Gasteiger partial charge in [0.15, 0.2) is 0 Å². The van der Waals surface area contributed by atoms with E-state index < -0.39 is 40.5 Å². The first-order valence-electron chi connectivity index (χ1n) is 11.4. The van der Waals surface area contributed by atoms with Crippen LogP contribution in [0.4, 0.5) is 28.9 Å². The standard InChI is InChI=1S/C24H22F4N6O5/c1-38-15-2-3-18(16(8-15)24(26,27)28)32-14-7-17(25)19(29-10-14)11-30-22(37)23(4-5-39-12-23)33-21(36)13-6-20(35)34-31-9-13/h2-3,6-10,32H,4-5,11-12H2,1H3,(H,30,37)(H,33,36)(H,34,35). The van der Waals surface area contributed by atoms with Gasteiger partial charge in [0.2, 0.25) is 5.91 Å². The van der Waals surface area contributed by atoms with E-state index >= 15 is 0 Å². The summed E-state index contributed by atoms with van der Waals surface area (Å²) in [6.07, 6.45) is -2.35. The zero-order valence-electron chi connectivity index (χ0n) is 20.3. The van der Waals surface area contributed by atoms with Crippen LogP contribution in [0, 0.1) is 5.82 Å². The monoisotopic (exact) mass is 550 g/mol. The van der Waals surface area contributed by atoms with E-state index in [4.69, 9.17) is 9.47 Å². The Morgan fingerprint density at radius 1 is 1.21 bits per heavy atom. The SMILES string of the molecule is COc1ccc(Nc2cnc(CNC(=O)C3(NC(=O)c4cn[nH]c(=O)c4)CCOC3)c(F)c2)c(C(F)(F)F)c1. The zero-order valence-corrected chi connectivity index (χ0v) is 20.3. The summed E-state index contributed by atoms with van der Waals surface area (Å²) in [7, 11) is 1.23. The lowest BCUT2D eigenvalue weighted by Gasteiger charge is -2.27. The molecular formula is C24H22F4N6O5. The van der Waals surface area contributed by atoms with Gasteiger partial charge in [0.1, 0.15) is 17.1 Å². The molecule has 1 atom stereocenters. The van der Waals surface area contributed by atoms with Gasteiger partial charge in [0, 0.05) is 25.2 Å². The van der Waals surface area contributed by atoms with Crippen molar-refractivity contribution in [2.75, 3.05) is 25.6 Å². The molecule has 0 radical (unpaired) electrons. The number of pyridine rings is 1. The highest BCUT2D eigenvalue weighted by molar-refractivity contribution is 5.99. The number of carbonyl (C=O) groups is 2. The molecule has 1 unspecified atom stereocenters. The van der Waals surface area contributed by atoms with Crippen molar-refractivity contribution in [2.24, 2.45) is 0 Å². The lowest BCUT2D eigenvalue weighted by molar-refractivity contribution is -0.137. The molecule has 0 spiro atoms. The van der Waals surface area contributed by atoms with E-state index in [1.165, 1.54) is 13.2 Å². The van der Waals surface area contributed by atoms with Crippen molar-refractivity contribution >= 4 is 23.2 Å². The van der Waals surface area contributed by atoms with E-state index in [2.05, 4.69) is 31.1 Å². The van der Waals surface area contributed by atoms with E-state index in [0.717, 1.165) is 36.7 Å². The smallest absolute Gasteiger partial charge is 0.418 e. The molecule has 0 saturated carbocycles. The first-order chi connectivity index (χ1) is 18.5. The van der Waals surface area contributed by atoms with Crippen molar-refractivity contribution in [1.82, 2.24) is 25.8 Å². The van der Waals surface area contributed by atoms with Gasteiger partial charge in [-0.3, -0.25) is 19.4 Å². The molecule has 1 aromatic carbocycles. The predicted molar refractivity (Wildman–Crippen MR) is 128 cm³/mol. The summed E-state index contributed by atoms with van der Waals surface area (Å²) in [5, 5.41) is 13.2. The number of nitrogens with one attached hydrogen (secondary N) is 4. The van der Waals surface area contributed by atoms with Gasteiger partial charge in [0.25, 0.3) is 11.5 Å². The lowest BCUT2D eigenvalue weighted by Crippen LogP contribution is -2.59. The molecule has 1 aliphatic heterocycles. The number of alkyl halides is 3. The Labute approximate surface area is 217 Å². The minimum absolute atomic E-state index is 0.000936. The molecule has 206 valence electrons. The second-order valence-corrected chi connectivity index (χ2v) is 8.54. The minimum Gasteiger partial charge on any atom is -0.497 e. The van der Waals surface area contributed by atoms with Gasteiger partial charge in [-0.05, 0) is 18.2 Å². The average molecular weight is 550 g/mol. The maximum absolute atomic E-state index is 14.8. The number of aromatic nitrogens is 3. The van der Waals surface area contributed by atoms with Gasteiger partial charge in [-0.25, -0.2) is 9.49 Å². The van der Waals surface area contributed by atoms with Gasteiger partial charge in [0.05, 0.1) is 60.9 Å². The summed E-state index contributed by atoms with van der Waals surface area (Å²) in [6, 6.07) is 5.23. The van der Waals surface area contributed by atoms with Crippen molar-refractivity contribution in [3.05, 3.63) is 75.7 Å². The molecule has 1 aliphatic rings. The third kappa shape index (κ3) is 6.31. The largest absolute Gasteiger partial charge is 0.497 e. The first-order valence-corrected chi connectivity index (χ1v) is 11.4. The number of rotatable bonds is 8. The van der Waals surface area contributed by atoms with E-state index in [1.807, 2.05) is 0 Å².